The van der Waals surface area contributed by atoms with Gasteiger partial charge in [-0.2, -0.15) is 0 Å². The van der Waals surface area contributed by atoms with Crippen molar-refractivity contribution in [1.82, 2.24) is 0 Å². The summed E-state index contributed by atoms with van der Waals surface area (Å²) >= 11 is 0. The van der Waals surface area contributed by atoms with Crippen molar-refractivity contribution in [1.29, 1.82) is 0 Å². The van der Waals surface area contributed by atoms with Crippen molar-refractivity contribution in [2.24, 2.45) is 0 Å². The molecule has 4 rings (SSSR count). The largest absolute Gasteiger partial charge is 0.398 e. The lowest BCUT2D eigenvalue weighted by Crippen LogP contribution is -1.96. The smallest absolute Gasteiger partial charge is 0.123 e. The van der Waals surface area contributed by atoms with E-state index < -0.39 is 0 Å². The number of anilines is 1. The second kappa shape index (κ2) is 7.24. The van der Waals surface area contributed by atoms with Crippen LogP contribution in [-0.2, 0) is 0 Å². The number of rotatable bonds is 3. The Labute approximate surface area is 160 Å². The third-order valence-corrected chi connectivity index (χ3v) is 4.67. The number of nitrogens with two attached hydrogens (primary N) is 1. The highest BCUT2D eigenvalue weighted by molar-refractivity contribution is 5.93. The molecule has 0 saturated heterocycles. The third kappa shape index (κ3) is 3.49. The van der Waals surface area contributed by atoms with Gasteiger partial charge in [-0.1, -0.05) is 36.4 Å². The van der Waals surface area contributed by atoms with E-state index in [1.807, 2.05) is 12.1 Å². The maximum Gasteiger partial charge on any atom is 0.123 e. The van der Waals surface area contributed by atoms with Gasteiger partial charge < -0.3 is 5.73 Å². The van der Waals surface area contributed by atoms with Crippen molar-refractivity contribution < 1.29 is 13.2 Å². The Kier molecular flexibility index (Phi) is 4.62. The summed E-state index contributed by atoms with van der Waals surface area (Å²) in [5.41, 5.74) is 11.5. The van der Waals surface area contributed by atoms with Crippen LogP contribution in [0, 0.1) is 17.5 Å². The highest BCUT2D eigenvalue weighted by Gasteiger charge is 2.13. The molecule has 2 N–H and O–H groups in total. The standard InChI is InChI=1S/C24H16F3N/c25-19-7-1-15(2-8-19)18-13-22(16-3-9-20(26)10-4-16)24(28)23(14-18)17-5-11-21(27)12-6-17/h1-14H,28H2. The van der Waals surface area contributed by atoms with E-state index in [-0.39, 0.29) is 17.5 Å². The van der Waals surface area contributed by atoms with Crippen molar-refractivity contribution >= 4 is 5.69 Å². The molecule has 0 aromatic heterocycles. The quantitative estimate of drug-likeness (QED) is 0.397. The summed E-state index contributed by atoms with van der Waals surface area (Å²) in [4.78, 5) is 0. The van der Waals surface area contributed by atoms with Crippen LogP contribution < -0.4 is 5.73 Å². The maximum absolute atomic E-state index is 13.4. The van der Waals surface area contributed by atoms with Gasteiger partial charge >= 0.3 is 0 Å². The van der Waals surface area contributed by atoms with Gasteiger partial charge in [0.1, 0.15) is 17.5 Å². The summed E-state index contributed by atoms with van der Waals surface area (Å²) in [5.74, 6) is -0.997. The van der Waals surface area contributed by atoms with Crippen LogP contribution in [0.3, 0.4) is 0 Å². The van der Waals surface area contributed by atoms with E-state index in [1.165, 1.54) is 36.4 Å². The Balaban J connectivity index is 1.95. The van der Waals surface area contributed by atoms with Gasteiger partial charge in [-0.15, -0.1) is 0 Å². The molecule has 28 heavy (non-hydrogen) atoms. The molecule has 0 aliphatic rings. The first-order valence-electron chi connectivity index (χ1n) is 8.72. The molecule has 4 aromatic carbocycles. The zero-order valence-corrected chi connectivity index (χ0v) is 14.8. The summed E-state index contributed by atoms with van der Waals surface area (Å²) in [6.45, 7) is 0. The van der Waals surface area contributed by atoms with E-state index in [0.717, 1.165) is 33.4 Å². The molecule has 0 radical (unpaired) electrons. The fourth-order valence-electron chi connectivity index (χ4n) is 3.20. The normalized spacial score (nSPS) is 10.8. The molecule has 0 spiro atoms. The Hall–Kier alpha value is -3.53. The molecule has 0 bridgehead atoms. The highest BCUT2D eigenvalue weighted by atomic mass is 19.1. The Morgan fingerprint density at radius 1 is 0.429 bits per heavy atom. The van der Waals surface area contributed by atoms with Crippen LogP contribution in [0.4, 0.5) is 18.9 Å². The van der Waals surface area contributed by atoms with Crippen molar-refractivity contribution in [2.45, 2.75) is 0 Å². The van der Waals surface area contributed by atoms with E-state index in [2.05, 4.69) is 0 Å². The van der Waals surface area contributed by atoms with E-state index in [0.29, 0.717) is 5.69 Å². The number of hydrogen-bond donors (Lipinski definition) is 1. The van der Waals surface area contributed by atoms with Gasteiger partial charge in [0, 0.05) is 16.8 Å². The minimum Gasteiger partial charge on any atom is -0.398 e. The first-order valence-corrected chi connectivity index (χ1v) is 8.72. The van der Waals surface area contributed by atoms with Crippen molar-refractivity contribution in [3.63, 3.8) is 0 Å². The molecule has 0 unspecified atom stereocenters. The summed E-state index contributed by atoms with van der Waals surface area (Å²) in [5, 5.41) is 0. The zero-order chi connectivity index (χ0) is 19.7. The van der Waals surface area contributed by atoms with Crippen LogP contribution in [-0.4, -0.2) is 0 Å². The van der Waals surface area contributed by atoms with Crippen LogP contribution in [0.15, 0.2) is 84.9 Å². The molecule has 4 heteroatoms. The topological polar surface area (TPSA) is 26.0 Å². The molecule has 0 heterocycles. The van der Waals surface area contributed by atoms with Gasteiger partial charge in [0.05, 0.1) is 0 Å². The van der Waals surface area contributed by atoms with Crippen LogP contribution in [0.1, 0.15) is 0 Å². The molecule has 1 nitrogen and oxygen atoms in total. The summed E-state index contributed by atoms with van der Waals surface area (Å²) in [7, 11) is 0. The monoisotopic (exact) mass is 375 g/mol. The van der Waals surface area contributed by atoms with E-state index >= 15 is 0 Å². The average molecular weight is 375 g/mol. The van der Waals surface area contributed by atoms with Gasteiger partial charge in [-0.05, 0) is 70.8 Å². The first-order chi connectivity index (χ1) is 13.5. The molecule has 0 saturated carbocycles. The maximum atomic E-state index is 13.4. The molecule has 0 amide bonds. The number of nitrogen functional groups attached to an aromatic ring is 1. The number of hydrogen-bond acceptors (Lipinski definition) is 1. The SMILES string of the molecule is Nc1c(-c2ccc(F)cc2)cc(-c2ccc(F)cc2)cc1-c1ccc(F)cc1. The highest BCUT2D eigenvalue weighted by Crippen LogP contribution is 2.39. The van der Waals surface area contributed by atoms with Gasteiger partial charge in [0.15, 0.2) is 0 Å². The van der Waals surface area contributed by atoms with Crippen LogP contribution in [0.2, 0.25) is 0 Å². The fourth-order valence-corrected chi connectivity index (χ4v) is 3.20. The van der Waals surface area contributed by atoms with E-state index in [4.69, 9.17) is 5.73 Å². The van der Waals surface area contributed by atoms with Crippen molar-refractivity contribution in [3.8, 4) is 33.4 Å². The summed E-state index contributed by atoms with van der Waals surface area (Å²) in [6.07, 6.45) is 0. The van der Waals surface area contributed by atoms with Gasteiger partial charge in [-0.3, -0.25) is 0 Å². The van der Waals surface area contributed by atoms with Crippen LogP contribution >= 0.6 is 0 Å². The van der Waals surface area contributed by atoms with Gasteiger partial charge in [0.25, 0.3) is 0 Å². The molecular formula is C24H16F3N. The minimum absolute atomic E-state index is 0.322. The molecule has 0 aliphatic heterocycles. The second-order valence-corrected chi connectivity index (χ2v) is 6.51. The molecule has 138 valence electrons. The summed E-state index contributed by atoms with van der Waals surface area (Å²) < 4.78 is 40.1. The van der Waals surface area contributed by atoms with Crippen LogP contribution in [0.5, 0.6) is 0 Å². The molecule has 0 atom stereocenters. The minimum atomic E-state index is -0.337. The number of benzene rings is 4. The van der Waals surface area contributed by atoms with E-state index in [9.17, 15) is 13.2 Å². The molecular weight excluding hydrogens is 359 g/mol. The second-order valence-electron chi connectivity index (χ2n) is 6.51. The predicted molar refractivity (Wildman–Crippen MR) is 107 cm³/mol. The van der Waals surface area contributed by atoms with Crippen molar-refractivity contribution in [3.05, 3.63) is 102 Å². The third-order valence-electron chi connectivity index (χ3n) is 4.67. The molecule has 0 fully saturated rings. The van der Waals surface area contributed by atoms with Crippen LogP contribution in [0.25, 0.3) is 33.4 Å². The number of halogens is 3. The average Bonchev–Trinajstić information content (AvgIpc) is 2.70. The lowest BCUT2D eigenvalue weighted by atomic mass is 9.91. The first kappa shape index (κ1) is 17.9. The lowest BCUT2D eigenvalue weighted by molar-refractivity contribution is 0.627. The molecule has 0 aliphatic carbocycles. The Morgan fingerprint density at radius 2 is 0.750 bits per heavy atom. The predicted octanol–water partition coefficient (Wildman–Crippen LogP) is 6.69. The lowest BCUT2D eigenvalue weighted by Gasteiger charge is -2.15. The van der Waals surface area contributed by atoms with E-state index in [1.54, 1.807) is 36.4 Å². The Bertz CT molecular complexity index is 1050. The fraction of sp³-hybridized carbons (Fsp3) is 0. The summed E-state index contributed by atoms with van der Waals surface area (Å²) in [6, 6.07) is 22.0. The zero-order valence-electron chi connectivity index (χ0n) is 14.8. The van der Waals surface area contributed by atoms with Crippen molar-refractivity contribution in [2.75, 3.05) is 5.73 Å². The Morgan fingerprint density at radius 3 is 1.11 bits per heavy atom. The van der Waals surface area contributed by atoms with Gasteiger partial charge in [-0.25, -0.2) is 13.2 Å². The molecule has 4 aromatic rings. The van der Waals surface area contributed by atoms with Gasteiger partial charge in [0.2, 0.25) is 0 Å².